The first kappa shape index (κ1) is 24.9. The van der Waals surface area contributed by atoms with Gasteiger partial charge in [0.05, 0.1) is 24.5 Å². The van der Waals surface area contributed by atoms with E-state index in [4.69, 9.17) is 13.9 Å². The summed E-state index contributed by atoms with van der Waals surface area (Å²) in [6, 6.07) is 22.7. The van der Waals surface area contributed by atoms with Gasteiger partial charge >= 0.3 is 5.97 Å². The summed E-state index contributed by atoms with van der Waals surface area (Å²) in [5.74, 6) is 2.45. The molecule has 2 heterocycles. The molecule has 186 valence electrons. The van der Waals surface area contributed by atoms with Crippen molar-refractivity contribution >= 4 is 5.97 Å². The number of hydrogen-bond acceptors (Lipinski definition) is 7. The minimum absolute atomic E-state index is 0.124. The number of aliphatic carboxylic acids is 1. The molecular formula is C28H29N3O5. The monoisotopic (exact) mass is 487 g/mol. The van der Waals surface area contributed by atoms with Gasteiger partial charge in [-0.15, -0.1) is 0 Å². The van der Waals surface area contributed by atoms with Crippen molar-refractivity contribution in [2.24, 2.45) is 0 Å². The maximum Gasteiger partial charge on any atom is 0.317 e. The topological polar surface area (TPSA) is 97.9 Å². The molecule has 8 nitrogen and oxygen atoms in total. The van der Waals surface area contributed by atoms with Crippen LogP contribution in [0.2, 0.25) is 0 Å². The molecule has 0 atom stereocenters. The quantitative estimate of drug-likeness (QED) is 0.292. The lowest BCUT2D eigenvalue weighted by Crippen LogP contribution is -2.29. The molecule has 0 saturated carbocycles. The molecule has 4 aromatic rings. The second-order valence-electron chi connectivity index (χ2n) is 8.40. The Kier molecular flexibility index (Phi) is 8.31. The Morgan fingerprint density at radius 1 is 0.944 bits per heavy atom. The minimum Gasteiger partial charge on any atom is -0.480 e. The largest absolute Gasteiger partial charge is 0.480 e. The molecule has 1 N–H and O–H groups in total. The van der Waals surface area contributed by atoms with E-state index in [1.54, 1.807) is 6.07 Å². The van der Waals surface area contributed by atoms with Crippen molar-refractivity contribution in [1.82, 2.24) is 14.9 Å². The van der Waals surface area contributed by atoms with Crippen molar-refractivity contribution in [2.45, 2.75) is 33.4 Å². The number of rotatable bonds is 12. The van der Waals surface area contributed by atoms with Gasteiger partial charge in [0, 0.05) is 32.5 Å². The van der Waals surface area contributed by atoms with Gasteiger partial charge in [-0.2, -0.15) is 0 Å². The van der Waals surface area contributed by atoms with Gasteiger partial charge in [0.25, 0.3) is 0 Å². The summed E-state index contributed by atoms with van der Waals surface area (Å²) in [4.78, 5) is 22.3. The van der Waals surface area contributed by atoms with Gasteiger partial charge in [0.2, 0.25) is 5.88 Å². The molecule has 0 saturated heterocycles. The number of oxazole rings is 1. The number of ether oxygens (including phenoxy) is 2. The van der Waals surface area contributed by atoms with Gasteiger partial charge in [0.1, 0.15) is 17.3 Å². The lowest BCUT2D eigenvalue weighted by Gasteiger charge is -2.20. The Morgan fingerprint density at radius 2 is 1.72 bits per heavy atom. The molecule has 0 amide bonds. The molecule has 0 aliphatic rings. The highest BCUT2D eigenvalue weighted by Crippen LogP contribution is 2.23. The molecular weight excluding hydrogens is 458 g/mol. The molecule has 0 fully saturated rings. The van der Waals surface area contributed by atoms with Crippen molar-refractivity contribution in [1.29, 1.82) is 0 Å². The van der Waals surface area contributed by atoms with Crippen molar-refractivity contribution in [3.63, 3.8) is 0 Å². The highest BCUT2D eigenvalue weighted by atomic mass is 16.5. The first-order valence-corrected chi connectivity index (χ1v) is 11.7. The smallest absolute Gasteiger partial charge is 0.317 e. The fraction of sp³-hybridized carbons (Fsp3) is 0.250. The van der Waals surface area contributed by atoms with Crippen LogP contribution in [0.15, 0.2) is 77.2 Å². The fourth-order valence-corrected chi connectivity index (χ4v) is 3.86. The van der Waals surface area contributed by atoms with Gasteiger partial charge in [-0.25, -0.2) is 9.97 Å². The van der Waals surface area contributed by atoms with Gasteiger partial charge in [0.15, 0.2) is 5.89 Å². The summed E-state index contributed by atoms with van der Waals surface area (Å²) in [6.07, 6.45) is 0.613. The van der Waals surface area contributed by atoms with Gasteiger partial charge in [-0.3, -0.25) is 9.69 Å². The van der Waals surface area contributed by atoms with Crippen molar-refractivity contribution in [3.8, 4) is 17.4 Å². The SMILES string of the molecule is Cc1nc(CCOc2cccc(CN(CC(=O)O)Cc3cccc(Oc4ccccc4)c3)n2)c(C)o1. The van der Waals surface area contributed by atoms with E-state index in [1.165, 1.54) is 0 Å². The number of aromatic nitrogens is 2. The second kappa shape index (κ2) is 12.0. The maximum atomic E-state index is 11.5. The number of nitrogens with zero attached hydrogens (tertiary/aromatic N) is 3. The van der Waals surface area contributed by atoms with E-state index >= 15 is 0 Å². The van der Waals surface area contributed by atoms with Gasteiger partial charge < -0.3 is 19.0 Å². The third kappa shape index (κ3) is 7.41. The van der Waals surface area contributed by atoms with Crippen LogP contribution in [0.1, 0.15) is 28.6 Å². The van der Waals surface area contributed by atoms with Crippen LogP contribution in [0.5, 0.6) is 17.4 Å². The Balaban J connectivity index is 1.39. The van der Waals surface area contributed by atoms with E-state index in [2.05, 4.69) is 9.97 Å². The van der Waals surface area contributed by atoms with E-state index in [1.807, 2.05) is 85.5 Å². The Hall–Kier alpha value is -4.17. The number of carboxylic acids is 1. The van der Waals surface area contributed by atoms with E-state index in [-0.39, 0.29) is 6.54 Å². The van der Waals surface area contributed by atoms with Crippen molar-refractivity contribution in [3.05, 3.63) is 101 Å². The fourth-order valence-electron chi connectivity index (χ4n) is 3.86. The van der Waals surface area contributed by atoms with E-state index < -0.39 is 5.97 Å². The molecule has 8 heteroatoms. The van der Waals surface area contributed by atoms with Crippen LogP contribution in [0.25, 0.3) is 0 Å². The van der Waals surface area contributed by atoms with Gasteiger partial charge in [-0.1, -0.05) is 36.4 Å². The number of benzene rings is 2. The number of hydrogen-bond donors (Lipinski definition) is 1. The standard InChI is InChI=1S/C28H29N3O5/c1-20-26(29-21(2)35-20)14-15-34-27-13-7-9-23(30-27)18-31(19-28(32)33)17-22-8-6-12-25(16-22)36-24-10-4-3-5-11-24/h3-13,16H,14-15,17-19H2,1-2H3,(H,32,33). The molecule has 0 spiro atoms. The first-order chi connectivity index (χ1) is 17.4. The summed E-state index contributed by atoms with van der Waals surface area (Å²) < 4.78 is 17.2. The van der Waals surface area contributed by atoms with Crippen molar-refractivity contribution in [2.75, 3.05) is 13.2 Å². The van der Waals surface area contributed by atoms with Crippen LogP contribution in [0.4, 0.5) is 0 Å². The number of pyridine rings is 1. The highest BCUT2D eigenvalue weighted by Gasteiger charge is 2.14. The highest BCUT2D eigenvalue weighted by molar-refractivity contribution is 5.69. The zero-order valence-corrected chi connectivity index (χ0v) is 20.4. The Morgan fingerprint density at radius 3 is 2.47 bits per heavy atom. The Bertz CT molecular complexity index is 1290. The molecule has 0 bridgehead atoms. The number of para-hydroxylation sites is 1. The molecule has 0 radical (unpaired) electrons. The summed E-state index contributed by atoms with van der Waals surface area (Å²) in [6.45, 7) is 4.77. The third-order valence-corrected chi connectivity index (χ3v) is 5.40. The molecule has 0 aliphatic heterocycles. The maximum absolute atomic E-state index is 11.5. The molecule has 0 unspecified atom stereocenters. The van der Waals surface area contributed by atoms with E-state index in [0.29, 0.717) is 43.6 Å². The van der Waals surface area contributed by atoms with Crippen LogP contribution in [0.3, 0.4) is 0 Å². The molecule has 2 aromatic heterocycles. The lowest BCUT2D eigenvalue weighted by atomic mass is 10.2. The zero-order chi connectivity index (χ0) is 25.3. The van der Waals surface area contributed by atoms with E-state index in [0.717, 1.165) is 28.5 Å². The van der Waals surface area contributed by atoms with Crippen LogP contribution < -0.4 is 9.47 Å². The normalized spacial score (nSPS) is 11.0. The average molecular weight is 488 g/mol. The molecule has 2 aromatic carbocycles. The average Bonchev–Trinajstić information content (AvgIpc) is 3.16. The second-order valence-corrected chi connectivity index (χ2v) is 8.40. The number of carboxylic acid groups (broad SMARTS) is 1. The summed E-state index contributed by atoms with van der Waals surface area (Å²) in [7, 11) is 0. The number of carbonyl (C=O) groups is 1. The van der Waals surface area contributed by atoms with Crippen LogP contribution >= 0.6 is 0 Å². The summed E-state index contributed by atoms with van der Waals surface area (Å²) in [5, 5.41) is 9.47. The minimum atomic E-state index is -0.905. The third-order valence-electron chi connectivity index (χ3n) is 5.40. The molecule has 0 aliphatic carbocycles. The summed E-state index contributed by atoms with van der Waals surface area (Å²) >= 11 is 0. The Labute approximate surface area is 210 Å². The summed E-state index contributed by atoms with van der Waals surface area (Å²) in [5.41, 5.74) is 2.53. The first-order valence-electron chi connectivity index (χ1n) is 11.7. The van der Waals surface area contributed by atoms with Crippen LogP contribution in [-0.2, 0) is 24.3 Å². The molecule has 4 rings (SSSR count). The van der Waals surface area contributed by atoms with Gasteiger partial charge in [-0.05, 0) is 42.8 Å². The molecule has 36 heavy (non-hydrogen) atoms. The lowest BCUT2D eigenvalue weighted by molar-refractivity contribution is -0.138. The van der Waals surface area contributed by atoms with Crippen LogP contribution in [0, 0.1) is 13.8 Å². The predicted molar refractivity (Wildman–Crippen MR) is 134 cm³/mol. The zero-order valence-electron chi connectivity index (χ0n) is 20.4. The van der Waals surface area contributed by atoms with E-state index in [9.17, 15) is 9.90 Å². The number of aryl methyl sites for hydroxylation is 2. The van der Waals surface area contributed by atoms with Crippen molar-refractivity contribution < 1.29 is 23.8 Å². The predicted octanol–water partition coefficient (Wildman–Crippen LogP) is 5.19. The van der Waals surface area contributed by atoms with Crippen LogP contribution in [-0.4, -0.2) is 39.1 Å².